The minimum atomic E-state index is -0.630. The molecule has 2 rings (SSSR count). The zero-order chi connectivity index (χ0) is 15.2. The van der Waals surface area contributed by atoms with E-state index in [0.717, 1.165) is 17.7 Å². The minimum Gasteiger partial charge on any atom is -0.479 e. The summed E-state index contributed by atoms with van der Waals surface area (Å²) in [5.74, 6) is 0.307. The number of ether oxygens (including phenoxy) is 1. The molecule has 1 N–H and O–H groups in total. The zero-order valence-corrected chi connectivity index (χ0v) is 12.9. The lowest BCUT2D eigenvalue weighted by Crippen LogP contribution is -2.30. The first-order valence-corrected chi connectivity index (χ1v) is 7.29. The summed E-state index contributed by atoms with van der Waals surface area (Å²) in [7, 11) is 0. The van der Waals surface area contributed by atoms with Crippen LogP contribution in [0.2, 0.25) is 5.02 Å². The third-order valence-electron chi connectivity index (χ3n) is 3.17. The lowest BCUT2D eigenvalue weighted by Gasteiger charge is -2.16. The van der Waals surface area contributed by atoms with Crippen molar-refractivity contribution in [2.45, 2.75) is 26.4 Å². The average Bonchev–Trinajstić information content (AvgIpc) is 2.50. The minimum absolute atomic E-state index is 0.198. The highest BCUT2D eigenvalue weighted by atomic mass is 35.5. The van der Waals surface area contributed by atoms with Crippen molar-refractivity contribution in [3.8, 4) is 5.75 Å². The summed E-state index contributed by atoms with van der Waals surface area (Å²) in [5.41, 5.74) is 1.91. The first kappa shape index (κ1) is 15.4. The third kappa shape index (κ3) is 3.99. The molecule has 2 aromatic carbocycles. The van der Waals surface area contributed by atoms with Crippen LogP contribution in [0.25, 0.3) is 0 Å². The highest BCUT2D eigenvalue weighted by molar-refractivity contribution is 6.32. The van der Waals surface area contributed by atoms with Gasteiger partial charge < -0.3 is 10.1 Å². The summed E-state index contributed by atoms with van der Waals surface area (Å²) in [6.07, 6.45) is 0.228. The molecule has 0 radical (unpaired) electrons. The van der Waals surface area contributed by atoms with E-state index in [1.807, 2.05) is 36.4 Å². The number of nitrogens with one attached hydrogen (secondary N) is 1. The second-order valence-corrected chi connectivity index (χ2v) is 5.10. The standard InChI is InChI=1S/C17H18ClNO2/c1-3-13-8-4-6-10-15(13)19-17(20)12(2)21-16-11-7-5-9-14(16)18/h4-12H,3H2,1-2H3,(H,19,20)/t12-/m0/s1. The molecule has 110 valence electrons. The van der Waals surface area contributed by atoms with E-state index in [4.69, 9.17) is 16.3 Å². The average molecular weight is 304 g/mol. The number of para-hydroxylation sites is 2. The van der Waals surface area contributed by atoms with Crippen LogP contribution in [0.5, 0.6) is 5.75 Å². The van der Waals surface area contributed by atoms with Gasteiger partial charge in [0.15, 0.2) is 6.10 Å². The molecule has 0 saturated carbocycles. The lowest BCUT2D eigenvalue weighted by atomic mass is 10.1. The van der Waals surface area contributed by atoms with Crippen molar-refractivity contribution in [1.82, 2.24) is 0 Å². The number of hydrogen-bond acceptors (Lipinski definition) is 2. The number of halogens is 1. The van der Waals surface area contributed by atoms with Crippen molar-refractivity contribution in [3.05, 3.63) is 59.1 Å². The largest absolute Gasteiger partial charge is 0.479 e. The first-order chi connectivity index (χ1) is 10.1. The number of anilines is 1. The maximum absolute atomic E-state index is 12.2. The number of rotatable bonds is 5. The Labute approximate surface area is 129 Å². The van der Waals surface area contributed by atoms with E-state index in [-0.39, 0.29) is 5.91 Å². The number of hydrogen-bond donors (Lipinski definition) is 1. The Morgan fingerprint density at radius 1 is 1.19 bits per heavy atom. The van der Waals surface area contributed by atoms with E-state index in [0.29, 0.717) is 10.8 Å². The number of carbonyl (C=O) groups excluding carboxylic acids is 1. The highest BCUT2D eigenvalue weighted by Gasteiger charge is 2.16. The Hall–Kier alpha value is -2.00. The summed E-state index contributed by atoms with van der Waals surface area (Å²) in [4.78, 5) is 12.2. The van der Waals surface area contributed by atoms with Crippen LogP contribution in [0.4, 0.5) is 5.69 Å². The maximum atomic E-state index is 12.2. The van der Waals surface area contributed by atoms with Gasteiger partial charge in [0.2, 0.25) is 0 Å². The number of carbonyl (C=O) groups is 1. The van der Waals surface area contributed by atoms with Crippen molar-refractivity contribution < 1.29 is 9.53 Å². The predicted molar refractivity (Wildman–Crippen MR) is 86.0 cm³/mol. The van der Waals surface area contributed by atoms with Crippen LogP contribution in [0, 0.1) is 0 Å². The summed E-state index contributed by atoms with van der Waals surface area (Å²) < 4.78 is 5.61. The normalized spacial score (nSPS) is 11.8. The second-order valence-electron chi connectivity index (χ2n) is 4.69. The van der Waals surface area contributed by atoms with E-state index in [1.165, 1.54) is 0 Å². The van der Waals surface area contributed by atoms with Crippen LogP contribution in [0.1, 0.15) is 19.4 Å². The predicted octanol–water partition coefficient (Wildman–Crippen LogP) is 4.31. The monoisotopic (exact) mass is 303 g/mol. The molecule has 3 nitrogen and oxygen atoms in total. The van der Waals surface area contributed by atoms with Crippen LogP contribution in [0.15, 0.2) is 48.5 Å². The molecule has 0 fully saturated rings. The number of aryl methyl sites for hydroxylation is 1. The van der Waals surface area contributed by atoms with Crippen LogP contribution in [-0.2, 0) is 11.2 Å². The Morgan fingerprint density at radius 2 is 1.86 bits per heavy atom. The van der Waals surface area contributed by atoms with Gasteiger partial charge in [0.25, 0.3) is 5.91 Å². The molecule has 21 heavy (non-hydrogen) atoms. The van der Waals surface area contributed by atoms with Crippen molar-refractivity contribution in [3.63, 3.8) is 0 Å². The van der Waals surface area contributed by atoms with Gasteiger partial charge in [-0.05, 0) is 37.1 Å². The summed E-state index contributed by atoms with van der Waals surface area (Å²) in [5, 5.41) is 3.39. The second kappa shape index (κ2) is 7.14. The highest BCUT2D eigenvalue weighted by Crippen LogP contribution is 2.24. The molecule has 0 unspecified atom stereocenters. The molecule has 1 amide bonds. The van der Waals surface area contributed by atoms with Crippen molar-refractivity contribution >= 4 is 23.2 Å². The molecule has 0 aromatic heterocycles. The van der Waals surface area contributed by atoms with Crippen molar-refractivity contribution in [2.24, 2.45) is 0 Å². The van der Waals surface area contributed by atoms with Crippen LogP contribution >= 0.6 is 11.6 Å². The topological polar surface area (TPSA) is 38.3 Å². The third-order valence-corrected chi connectivity index (χ3v) is 3.48. The fraction of sp³-hybridized carbons (Fsp3) is 0.235. The molecule has 0 bridgehead atoms. The molecule has 2 aromatic rings. The molecule has 0 saturated heterocycles. The van der Waals surface area contributed by atoms with Gasteiger partial charge in [-0.1, -0.05) is 48.9 Å². The smallest absolute Gasteiger partial charge is 0.265 e. The fourth-order valence-electron chi connectivity index (χ4n) is 1.97. The van der Waals surface area contributed by atoms with Crippen molar-refractivity contribution in [2.75, 3.05) is 5.32 Å². The summed E-state index contributed by atoms with van der Waals surface area (Å²) in [6.45, 7) is 3.75. The fourth-order valence-corrected chi connectivity index (χ4v) is 2.15. The molecule has 0 aliphatic heterocycles. The zero-order valence-electron chi connectivity index (χ0n) is 12.1. The summed E-state index contributed by atoms with van der Waals surface area (Å²) in [6, 6.07) is 14.8. The Bertz CT molecular complexity index is 628. The van der Waals surface area contributed by atoms with Gasteiger partial charge >= 0.3 is 0 Å². The van der Waals surface area contributed by atoms with E-state index in [2.05, 4.69) is 12.2 Å². The molecule has 4 heteroatoms. The summed E-state index contributed by atoms with van der Waals surface area (Å²) >= 11 is 6.02. The Balaban J connectivity index is 2.05. The molecule has 1 atom stereocenters. The van der Waals surface area contributed by atoms with E-state index >= 15 is 0 Å². The van der Waals surface area contributed by atoms with Crippen LogP contribution < -0.4 is 10.1 Å². The molecular weight excluding hydrogens is 286 g/mol. The molecular formula is C17H18ClNO2. The van der Waals surface area contributed by atoms with Gasteiger partial charge in [-0.15, -0.1) is 0 Å². The van der Waals surface area contributed by atoms with E-state index in [1.54, 1.807) is 19.1 Å². The molecule has 0 aliphatic rings. The SMILES string of the molecule is CCc1ccccc1NC(=O)[C@H](C)Oc1ccccc1Cl. The Kier molecular flexibility index (Phi) is 5.23. The van der Waals surface area contributed by atoms with Crippen molar-refractivity contribution in [1.29, 1.82) is 0 Å². The Morgan fingerprint density at radius 3 is 2.57 bits per heavy atom. The van der Waals surface area contributed by atoms with Gasteiger partial charge in [0.05, 0.1) is 5.02 Å². The lowest BCUT2D eigenvalue weighted by molar-refractivity contribution is -0.122. The molecule has 0 spiro atoms. The molecule has 0 aliphatic carbocycles. The van der Waals surface area contributed by atoms with Crippen LogP contribution in [-0.4, -0.2) is 12.0 Å². The number of amides is 1. The van der Waals surface area contributed by atoms with Gasteiger partial charge in [-0.2, -0.15) is 0 Å². The van der Waals surface area contributed by atoms with Gasteiger partial charge in [-0.25, -0.2) is 0 Å². The number of benzene rings is 2. The first-order valence-electron chi connectivity index (χ1n) is 6.91. The quantitative estimate of drug-likeness (QED) is 0.894. The van der Waals surface area contributed by atoms with Gasteiger partial charge in [0, 0.05) is 5.69 Å². The van der Waals surface area contributed by atoms with Gasteiger partial charge in [-0.3, -0.25) is 4.79 Å². The van der Waals surface area contributed by atoms with E-state index < -0.39 is 6.10 Å². The van der Waals surface area contributed by atoms with E-state index in [9.17, 15) is 4.79 Å². The van der Waals surface area contributed by atoms with Gasteiger partial charge in [0.1, 0.15) is 5.75 Å². The molecule has 0 heterocycles. The van der Waals surface area contributed by atoms with Crippen LogP contribution in [0.3, 0.4) is 0 Å². The maximum Gasteiger partial charge on any atom is 0.265 e.